The molecule has 1 rings (SSSR count). The topological polar surface area (TPSA) is 46.5 Å². The van der Waals surface area contributed by atoms with Gasteiger partial charge < -0.3 is 9.84 Å². The van der Waals surface area contributed by atoms with Gasteiger partial charge in [0.2, 0.25) is 0 Å². The summed E-state index contributed by atoms with van der Waals surface area (Å²) < 4.78 is 7.22. The van der Waals surface area contributed by atoms with Crippen molar-refractivity contribution in [2.24, 2.45) is 0 Å². The third kappa shape index (κ3) is 3.33. The molecule has 15 heavy (non-hydrogen) atoms. The van der Waals surface area contributed by atoms with E-state index >= 15 is 0 Å². The number of halogens is 2. The van der Waals surface area contributed by atoms with Gasteiger partial charge in [-0.2, -0.15) is 0 Å². The first-order valence-electron chi connectivity index (χ1n) is 3.99. The molecule has 0 aliphatic rings. The number of carboxylic acid groups (broad SMARTS) is 1. The van der Waals surface area contributed by atoms with Crippen molar-refractivity contribution < 1.29 is 14.6 Å². The Morgan fingerprint density at radius 2 is 2.13 bits per heavy atom. The molecule has 0 aromatic heterocycles. The van der Waals surface area contributed by atoms with Crippen LogP contribution in [0.25, 0.3) is 6.08 Å². The van der Waals surface area contributed by atoms with Gasteiger partial charge in [-0.1, -0.05) is 0 Å². The molecule has 3 nitrogen and oxygen atoms in total. The molecule has 0 atom stereocenters. The third-order valence-corrected chi connectivity index (χ3v) is 4.80. The first-order valence-corrected chi connectivity index (χ1v) is 6.15. The monoisotopic (exact) mass is 430 g/mol. The van der Waals surface area contributed by atoms with Crippen molar-refractivity contribution in [1.29, 1.82) is 0 Å². The molecule has 0 saturated carbocycles. The van der Waals surface area contributed by atoms with Crippen LogP contribution in [-0.4, -0.2) is 18.2 Å². The van der Waals surface area contributed by atoms with Gasteiger partial charge in [-0.05, 0) is 63.4 Å². The van der Waals surface area contributed by atoms with Crippen LogP contribution in [0.2, 0.25) is 0 Å². The summed E-state index contributed by atoms with van der Waals surface area (Å²) in [6, 6.07) is 3.75. The maximum atomic E-state index is 10.4. The van der Waals surface area contributed by atoms with Crippen molar-refractivity contribution in [1.82, 2.24) is 0 Å². The van der Waals surface area contributed by atoms with Crippen molar-refractivity contribution in [3.63, 3.8) is 0 Å². The van der Waals surface area contributed by atoms with Crippen LogP contribution in [0, 0.1) is 7.14 Å². The number of hydrogen-bond donors (Lipinski definition) is 1. The van der Waals surface area contributed by atoms with Crippen LogP contribution in [0.15, 0.2) is 18.2 Å². The zero-order valence-corrected chi connectivity index (χ0v) is 12.1. The average molecular weight is 430 g/mol. The van der Waals surface area contributed by atoms with Crippen LogP contribution in [0.4, 0.5) is 0 Å². The molecule has 0 spiro atoms. The first kappa shape index (κ1) is 12.8. The maximum Gasteiger partial charge on any atom is 0.328 e. The van der Waals surface area contributed by atoms with E-state index in [0.29, 0.717) is 5.75 Å². The highest BCUT2D eigenvalue weighted by Gasteiger charge is 2.07. The van der Waals surface area contributed by atoms with Crippen molar-refractivity contribution >= 4 is 57.2 Å². The smallest absolute Gasteiger partial charge is 0.328 e. The lowest BCUT2D eigenvalue weighted by Crippen LogP contribution is -1.94. The van der Waals surface area contributed by atoms with Crippen LogP contribution >= 0.6 is 45.2 Å². The standard InChI is InChI=1S/C10H8I2O3/c1-15-8-4-3-7(11)10(12)6(8)2-5-9(13)14/h2-5H,1H3,(H,13,14). The molecule has 1 aromatic carbocycles. The molecule has 80 valence electrons. The van der Waals surface area contributed by atoms with Gasteiger partial charge in [-0.3, -0.25) is 0 Å². The minimum Gasteiger partial charge on any atom is -0.496 e. The van der Waals surface area contributed by atoms with E-state index in [2.05, 4.69) is 45.2 Å². The normalized spacial score (nSPS) is 10.6. The van der Waals surface area contributed by atoms with Crippen LogP contribution in [0.1, 0.15) is 5.56 Å². The highest BCUT2D eigenvalue weighted by molar-refractivity contribution is 14.1. The lowest BCUT2D eigenvalue weighted by molar-refractivity contribution is -0.131. The van der Waals surface area contributed by atoms with Crippen molar-refractivity contribution in [2.45, 2.75) is 0 Å². The number of ether oxygens (including phenoxy) is 1. The zero-order chi connectivity index (χ0) is 11.4. The second kappa shape index (κ2) is 5.69. The van der Waals surface area contributed by atoms with Gasteiger partial charge in [0.25, 0.3) is 0 Å². The molecular formula is C10H8I2O3. The highest BCUT2D eigenvalue weighted by atomic mass is 127. The Labute approximate surface area is 115 Å². The van der Waals surface area contributed by atoms with Crippen LogP contribution in [0.3, 0.4) is 0 Å². The SMILES string of the molecule is COc1ccc(I)c(I)c1C=CC(=O)O. The number of carbonyl (C=O) groups is 1. The van der Waals surface area contributed by atoms with E-state index in [0.717, 1.165) is 18.8 Å². The highest BCUT2D eigenvalue weighted by Crippen LogP contribution is 2.29. The lowest BCUT2D eigenvalue weighted by atomic mass is 10.2. The summed E-state index contributed by atoms with van der Waals surface area (Å²) in [6.07, 6.45) is 2.65. The second-order valence-electron chi connectivity index (χ2n) is 2.65. The minimum absolute atomic E-state index is 0.678. The molecule has 1 N–H and O–H groups in total. The van der Waals surface area contributed by atoms with E-state index in [1.165, 1.54) is 0 Å². The third-order valence-electron chi connectivity index (χ3n) is 1.71. The Hall–Kier alpha value is -0.310. The number of benzene rings is 1. The molecule has 0 amide bonds. The molecule has 0 aliphatic carbocycles. The Bertz CT molecular complexity index is 413. The van der Waals surface area contributed by atoms with Gasteiger partial charge in [0.15, 0.2) is 0 Å². The molecule has 0 saturated heterocycles. The number of aliphatic carboxylic acids is 1. The molecule has 0 heterocycles. The molecule has 0 aliphatic heterocycles. The van der Waals surface area contributed by atoms with Gasteiger partial charge in [0, 0.05) is 18.8 Å². The predicted molar refractivity (Wildman–Crippen MR) is 75.1 cm³/mol. The van der Waals surface area contributed by atoms with Gasteiger partial charge >= 0.3 is 5.97 Å². The zero-order valence-electron chi connectivity index (χ0n) is 7.83. The summed E-state index contributed by atoms with van der Waals surface area (Å²) in [5.74, 6) is -0.288. The molecular weight excluding hydrogens is 422 g/mol. The van der Waals surface area contributed by atoms with Crippen molar-refractivity contribution in [3.8, 4) is 5.75 Å². The quantitative estimate of drug-likeness (QED) is 0.593. The average Bonchev–Trinajstić information content (AvgIpc) is 2.20. The van der Waals surface area contributed by atoms with Gasteiger partial charge in [-0.25, -0.2) is 4.79 Å². The van der Waals surface area contributed by atoms with E-state index in [4.69, 9.17) is 9.84 Å². The van der Waals surface area contributed by atoms with Gasteiger partial charge in [-0.15, -0.1) is 0 Å². The second-order valence-corrected chi connectivity index (χ2v) is 4.89. The van der Waals surface area contributed by atoms with Crippen LogP contribution < -0.4 is 4.74 Å². The van der Waals surface area contributed by atoms with E-state index in [-0.39, 0.29) is 0 Å². The summed E-state index contributed by atoms with van der Waals surface area (Å²) in [7, 11) is 1.57. The van der Waals surface area contributed by atoms with Gasteiger partial charge in [0.1, 0.15) is 5.75 Å². The summed E-state index contributed by atoms with van der Waals surface area (Å²) in [6.45, 7) is 0. The first-order chi connectivity index (χ1) is 7.06. The van der Waals surface area contributed by atoms with E-state index < -0.39 is 5.97 Å². The lowest BCUT2D eigenvalue weighted by Gasteiger charge is -2.08. The Kier molecular flexibility index (Phi) is 4.84. The number of hydrogen-bond acceptors (Lipinski definition) is 2. The molecule has 1 aromatic rings. The molecule has 0 radical (unpaired) electrons. The van der Waals surface area contributed by atoms with Gasteiger partial charge in [0.05, 0.1) is 7.11 Å². The Morgan fingerprint density at radius 3 is 2.67 bits per heavy atom. The summed E-state index contributed by atoms with van der Waals surface area (Å²) in [5.41, 5.74) is 0.799. The molecule has 0 fully saturated rings. The summed E-state index contributed by atoms with van der Waals surface area (Å²) >= 11 is 4.36. The molecule has 5 heteroatoms. The fourth-order valence-corrected chi connectivity index (χ4v) is 2.13. The Balaban J connectivity index is 3.23. The number of carboxylic acids is 1. The van der Waals surface area contributed by atoms with Crippen molar-refractivity contribution in [3.05, 3.63) is 30.9 Å². The molecule has 0 unspecified atom stereocenters. The largest absolute Gasteiger partial charge is 0.496 e. The number of rotatable bonds is 3. The fourth-order valence-electron chi connectivity index (χ4n) is 1.04. The summed E-state index contributed by atoms with van der Waals surface area (Å²) in [4.78, 5) is 10.4. The fraction of sp³-hybridized carbons (Fsp3) is 0.100. The summed E-state index contributed by atoms with van der Waals surface area (Å²) in [5, 5.41) is 8.57. The van der Waals surface area contributed by atoms with Crippen molar-refractivity contribution in [2.75, 3.05) is 7.11 Å². The number of methoxy groups -OCH3 is 1. The molecule has 0 bridgehead atoms. The van der Waals surface area contributed by atoms with E-state index in [9.17, 15) is 4.79 Å². The van der Waals surface area contributed by atoms with Crippen LogP contribution in [0.5, 0.6) is 5.75 Å². The minimum atomic E-state index is -0.966. The maximum absolute atomic E-state index is 10.4. The van der Waals surface area contributed by atoms with E-state index in [1.54, 1.807) is 13.2 Å². The Morgan fingerprint density at radius 1 is 1.47 bits per heavy atom. The van der Waals surface area contributed by atoms with E-state index in [1.807, 2.05) is 12.1 Å². The predicted octanol–water partition coefficient (Wildman–Crippen LogP) is 3.00. The van der Waals surface area contributed by atoms with Crippen LogP contribution in [-0.2, 0) is 4.79 Å².